The van der Waals surface area contributed by atoms with E-state index < -0.39 is 0 Å². The first-order valence-electron chi connectivity index (χ1n) is 11.0. The van der Waals surface area contributed by atoms with E-state index in [0.29, 0.717) is 23.6 Å². The van der Waals surface area contributed by atoms with Gasteiger partial charge in [0.25, 0.3) is 5.91 Å². The number of halogens is 1. The van der Waals surface area contributed by atoms with E-state index in [1.54, 1.807) is 31.5 Å². The number of nitrogens with one attached hydrogen (secondary N) is 1. The Labute approximate surface area is 188 Å². The molecule has 1 amide bonds. The second kappa shape index (κ2) is 9.96. The standard InChI is InChI=1S/C25H29FN4O2/c1-18(17-19-7-3-5-9-22(19)26)29-15-12-20(13-16-29)30-24(11-14-27-30)28-25(31)21-8-4-6-10-23(21)32-2/h3-11,14,18,20H,12-13,15-17H2,1-2H3,(H,28,31). The molecule has 0 spiro atoms. The van der Waals surface area contributed by atoms with Crippen LogP contribution in [0, 0.1) is 5.82 Å². The summed E-state index contributed by atoms with van der Waals surface area (Å²) in [4.78, 5) is 15.2. The third kappa shape index (κ3) is 4.83. The van der Waals surface area contributed by atoms with Gasteiger partial charge in [-0.3, -0.25) is 4.79 Å². The van der Waals surface area contributed by atoms with Crippen LogP contribution in [0.25, 0.3) is 0 Å². The summed E-state index contributed by atoms with van der Waals surface area (Å²) in [5, 5.41) is 7.46. The van der Waals surface area contributed by atoms with Crippen molar-refractivity contribution < 1.29 is 13.9 Å². The Morgan fingerprint density at radius 1 is 1.16 bits per heavy atom. The topological polar surface area (TPSA) is 59.4 Å². The summed E-state index contributed by atoms with van der Waals surface area (Å²) in [6.45, 7) is 3.96. The minimum absolute atomic E-state index is 0.138. The van der Waals surface area contributed by atoms with E-state index >= 15 is 0 Å². The molecule has 0 saturated carbocycles. The number of carbonyl (C=O) groups is 1. The number of rotatable bonds is 7. The largest absolute Gasteiger partial charge is 0.496 e. The Balaban J connectivity index is 1.37. The third-order valence-corrected chi connectivity index (χ3v) is 6.20. The van der Waals surface area contributed by atoms with Crippen LogP contribution in [0.15, 0.2) is 60.8 Å². The van der Waals surface area contributed by atoms with Gasteiger partial charge in [-0.2, -0.15) is 5.10 Å². The van der Waals surface area contributed by atoms with Crippen molar-refractivity contribution in [2.75, 3.05) is 25.5 Å². The maximum atomic E-state index is 14.0. The lowest BCUT2D eigenvalue weighted by Gasteiger charge is -2.36. The molecule has 0 radical (unpaired) electrons. The number of likely N-dealkylation sites (tertiary alicyclic amines) is 1. The maximum absolute atomic E-state index is 14.0. The molecule has 1 saturated heterocycles. The molecule has 2 aromatic carbocycles. The van der Waals surface area contributed by atoms with Crippen LogP contribution in [0.5, 0.6) is 5.75 Å². The number of amides is 1. The number of anilines is 1. The van der Waals surface area contributed by atoms with Crippen LogP contribution in [0.4, 0.5) is 10.2 Å². The first-order valence-corrected chi connectivity index (χ1v) is 11.0. The summed E-state index contributed by atoms with van der Waals surface area (Å²) in [6.07, 6.45) is 4.24. The number of methoxy groups -OCH3 is 1. The van der Waals surface area contributed by atoms with Crippen molar-refractivity contribution in [1.29, 1.82) is 0 Å². The second-order valence-electron chi connectivity index (χ2n) is 8.23. The van der Waals surface area contributed by atoms with Crippen molar-refractivity contribution in [3.05, 3.63) is 77.7 Å². The average molecular weight is 437 g/mol. The van der Waals surface area contributed by atoms with Gasteiger partial charge >= 0.3 is 0 Å². The molecule has 168 valence electrons. The molecule has 1 aromatic heterocycles. The van der Waals surface area contributed by atoms with Crippen LogP contribution < -0.4 is 10.1 Å². The van der Waals surface area contributed by atoms with Gasteiger partial charge in [0.05, 0.1) is 24.9 Å². The van der Waals surface area contributed by atoms with Crippen molar-refractivity contribution in [1.82, 2.24) is 14.7 Å². The van der Waals surface area contributed by atoms with Gasteiger partial charge in [-0.1, -0.05) is 30.3 Å². The minimum Gasteiger partial charge on any atom is -0.496 e. The fraction of sp³-hybridized carbons (Fsp3) is 0.360. The summed E-state index contributed by atoms with van der Waals surface area (Å²) in [5.74, 6) is 0.855. The highest BCUT2D eigenvalue weighted by molar-refractivity contribution is 6.05. The molecule has 2 heterocycles. The van der Waals surface area contributed by atoms with Crippen molar-refractivity contribution in [3.63, 3.8) is 0 Å². The predicted molar refractivity (Wildman–Crippen MR) is 123 cm³/mol. The summed E-state index contributed by atoms with van der Waals surface area (Å²) in [6, 6.07) is 16.4. The van der Waals surface area contributed by atoms with Gasteiger partial charge in [0.2, 0.25) is 0 Å². The lowest BCUT2D eigenvalue weighted by molar-refractivity contribution is 0.102. The van der Waals surface area contributed by atoms with Crippen LogP contribution in [-0.2, 0) is 6.42 Å². The molecule has 1 aliphatic heterocycles. The molecule has 3 aromatic rings. The molecule has 6 nitrogen and oxygen atoms in total. The van der Waals surface area contributed by atoms with Crippen LogP contribution in [0.1, 0.15) is 41.7 Å². The van der Waals surface area contributed by atoms with Gasteiger partial charge in [-0.15, -0.1) is 0 Å². The van der Waals surface area contributed by atoms with E-state index in [4.69, 9.17) is 4.74 Å². The lowest BCUT2D eigenvalue weighted by Crippen LogP contribution is -2.41. The number of nitrogens with zero attached hydrogens (tertiary/aromatic N) is 3. The highest BCUT2D eigenvalue weighted by atomic mass is 19.1. The monoisotopic (exact) mass is 436 g/mol. The first kappa shape index (κ1) is 22.0. The van der Waals surface area contributed by atoms with Gasteiger partial charge in [0.1, 0.15) is 17.4 Å². The van der Waals surface area contributed by atoms with Crippen molar-refractivity contribution >= 4 is 11.7 Å². The third-order valence-electron chi connectivity index (χ3n) is 6.20. The summed E-state index contributed by atoms with van der Waals surface area (Å²) in [5.41, 5.74) is 1.25. The molecule has 1 fully saturated rings. The van der Waals surface area contributed by atoms with Gasteiger partial charge in [0, 0.05) is 25.2 Å². The van der Waals surface area contributed by atoms with E-state index in [1.807, 2.05) is 35.0 Å². The number of para-hydroxylation sites is 1. The van der Waals surface area contributed by atoms with E-state index in [1.165, 1.54) is 6.07 Å². The Morgan fingerprint density at radius 2 is 1.88 bits per heavy atom. The van der Waals surface area contributed by atoms with Crippen molar-refractivity contribution in [3.8, 4) is 5.75 Å². The van der Waals surface area contributed by atoms with Gasteiger partial charge in [-0.25, -0.2) is 9.07 Å². The molecule has 7 heteroatoms. The van der Waals surface area contributed by atoms with E-state index in [0.717, 1.165) is 31.5 Å². The molecule has 1 atom stereocenters. The molecule has 0 aliphatic carbocycles. The zero-order valence-corrected chi connectivity index (χ0v) is 18.5. The zero-order chi connectivity index (χ0) is 22.5. The summed E-state index contributed by atoms with van der Waals surface area (Å²) < 4.78 is 21.2. The summed E-state index contributed by atoms with van der Waals surface area (Å²) >= 11 is 0. The quantitative estimate of drug-likeness (QED) is 0.590. The zero-order valence-electron chi connectivity index (χ0n) is 18.5. The molecule has 1 aliphatic rings. The molecule has 1 unspecified atom stereocenters. The van der Waals surface area contributed by atoms with Crippen LogP contribution in [-0.4, -0.2) is 46.8 Å². The molecular weight excluding hydrogens is 407 g/mol. The highest BCUT2D eigenvalue weighted by Gasteiger charge is 2.26. The van der Waals surface area contributed by atoms with Gasteiger partial charge < -0.3 is 15.0 Å². The van der Waals surface area contributed by atoms with Gasteiger partial charge in [-0.05, 0) is 49.9 Å². The summed E-state index contributed by atoms with van der Waals surface area (Å²) in [7, 11) is 1.55. The van der Waals surface area contributed by atoms with E-state index in [9.17, 15) is 9.18 Å². The van der Waals surface area contributed by atoms with Crippen molar-refractivity contribution in [2.45, 2.75) is 38.3 Å². The number of ether oxygens (including phenoxy) is 1. The van der Waals surface area contributed by atoms with Crippen LogP contribution >= 0.6 is 0 Å². The number of aromatic nitrogens is 2. The average Bonchev–Trinajstić information content (AvgIpc) is 3.28. The molecule has 32 heavy (non-hydrogen) atoms. The first-order chi connectivity index (χ1) is 15.6. The Morgan fingerprint density at radius 3 is 2.62 bits per heavy atom. The lowest BCUT2D eigenvalue weighted by atomic mass is 10.00. The number of benzene rings is 2. The maximum Gasteiger partial charge on any atom is 0.260 e. The van der Waals surface area contributed by atoms with Crippen LogP contribution in [0.3, 0.4) is 0 Å². The molecule has 4 rings (SSSR count). The second-order valence-corrected chi connectivity index (χ2v) is 8.23. The number of carbonyl (C=O) groups excluding carboxylic acids is 1. The molecule has 1 N–H and O–H groups in total. The predicted octanol–water partition coefficient (Wildman–Crippen LogP) is 4.55. The minimum atomic E-state index is -0.222. The molecule has 0 bridgehead atoms. The van der Waals surface area contributed by atoms with E-state index in [-0.39, 0.29) is 23.8 Å². The fourth-order valence-electron chi connectivity index (χ4n) is 4.40. The number of hydrogen-bond donors (Lipinski definition) is 1. The normalized spacial score (nSPS) is 16.0. The number of hydrogen-bond acceptors (Lipinski definition) is 4. The smallest absolute Gasteiger partial charge is 0.260 e. The Hall–Kier alpha value is -3.19. The van der Waals surface area contributed by atoms with E-state index in [2.05, 4.69) is 22.2 Å². The fourth-order valence-corrected chi connectivity index (χ4v) is 4.40. The van der Waals surface area contributed by atoms with Crippen molar-refractivity contribution in [2.24, 2.45) is 0 Å². The highest BCUT2D eigenvalue weighted by Crippen LogP contribution is 2.28. The SMILES string of the molecule is COc1ccccc1C(=O)Nc1ccnn1C1CCN(C(C)Cc2ccccc2F)CC1. The van der Waals surface area contributed by atoms with Gasteiger partial charge in [0.15, 0.2) is 0 Å². The molecular formula is C25H29FN4O2. The number of piperidine rings is 1. The Bertz CT molecular complexity index is 1060. The van der Waals surface area contributed by atoms with Crippen LogP contribution in [0.2, 0.25) is 0 Å². The Kier molecular flexibility index (Phi) is 6.85.